The molecule has 6 heteroatoms. The van der Waals surface area contributed by atoms with Crippen LogP contribution in [-0.2, 0) is 9.53 Å². The first-order valence-electron chi connectivity index (χ1n) is 7.33. The van der Waals surface area contributed by atoms with Crippen LogP contribution in [0.1, 0.15) is 39.5 Å². The van der Waals surface area contributed by atoms with Crippen LogP contribution in [-0.4, -0.2) is 42.9 Å². The Bertz CT molecular complexity index is 314. The Labute approximate surface area is 120 Å². The predicted octanol–water partition coefficient (Wildman–Crippen LogP) is 1.60. The number of urea groups is 1. The summed E-state index contributed by atoms with van der Waals surface area (Å²) in [6.07, 6.45) is 2.52. The van der Waals surface area contributed by atoms with Crippen molar-refractivity contribution in [2.75, 3.05) is 19.8 Å². The summed E-state index contributed by atoms with van der Waals surface area (Å²) in [6, 6.07) is -0.0517. The normalized spacial score (nSPS) is 19.9. The van der Waals surface area contributed by atoms with E-state index in [1.807, 2.05) is 0 Å². The van der Waals surface area contributed by atoms with E-state index in [0.717, 1.165) is 12.8 Å². The van der Waals surface area contributed by atoms with Crippen molar-refractivity contribution in [2.24, 2.45) is 11.8 Å². The molecule has 2 amide bonds. The first-order valence-corrected chi connectivity index (χ1v) is 7.33. The van der Waals surface area contributed by atoms with Gasteiger partial charge < -0.3 is 20.5 Å². The second kappa shape index (κ2) is 8.79. The van der Waals surface area contributed by atoms with Crippen molar-refractivity contribution < 1.29 is 19.4 Å². The Morgan fingerprint density at radius 2 is 2.10 bits per heavy atom. The lowest BCUT2D eigenvalue weighted by Gasteiger charge is -2.20. The molecule has 6 nitrogen and oxygen atoms in total. The van der Waals surface area contributed by atoms with Crippen LogP contribution in [0.4, 0.5) is 4.79 Å². The summed E-state index contributed by atoms with van der Waals surface area (Å²) in [4.78, 5) is 22.3. The number of carboxylic acid groups (broad SMARTS) is 1. The molecule has 0 spiro atoms. The number of hydrogen-bond acceptors (Lipinski definition) is 3. The molecule has 0 aromatic carbocycles. The monoisotopic (exact) mass is 286 g/mol. The van der Waals surface area contributed by atoms with E-state index in [2.05, 4.69) is 24.5 Å². The second-order valence-corrected chi connectivity index (χ2v) is 5.69. The Hall–Kier alpha value is -1.30. The minimum Gasteiger partial charge on any atom is -0.481 e. The number of carboxylic acids is 1. The minimum atomic E-state index is -0.761. The van der Waals surface area contributed by atoms with E-state index in [1.54, 1.807) is 0 Å². The summed E-state index contributed by atoms with van der Waals surface area (Å²) >= 11 is 0. The van der Waals surface area contributed by atoms with Crippen LogP contribution in [0.2, 0.25) is 0 Å². The number of carbonyl (C=O) groups excluding carboxylic acids is 1. The van der Waals surface area contributed by atoms with Gasteiger partial charge in [-0.25, -0.2) is 4.79 Å². The van der Waals surface area contributed by atoms with E-state index in [9.17, 15) is 9.59 Å². The fourth-order valence-electron chi connectivity index (χ4n) is 2.38. The van der Waals surface area contributed by atoms with Crippen LogP contribution in [0.25, 0.3) is 0 Å². The summed E-state index contributed by atoms with van der Waals surface area (Å²) in [5.74, 6) is -0.0220. The molecule has 20 heavy (non-hydrogen) atoms. The molecule has 0 saturated carbocycles. The molecule has 2 unspecified atom stereocenters. The highest BCUT2D eigenvalue weighted by Crippen LogP contribution is 2.20. The lowest BCUT2D eigenvalue weighted by Crippen LogP contribution is -2.43. The first-order chi connectivity index (χ1) is 9.49. The Morgan fingerprint density at radius 3 is 2.65 bits per heavy atom. The third-order valence-corrected chi connectivity index (χ3v) is 3.74. The highest BCUT2D eigenvalue weighted by molar-refractivity contribution is 5.74. The third-order valence-electron chi connectivity index (χ3n) is 3.74. The van der Waals surface area contributed by atoms with Gasteiger partial charge in [-0.05, 0) is 31.1 Å². The Morgan fingerprint density at radius 1 is 1.35 bits per heavy atom. The van der Waals surface area contributed by atoms with Crippen molar-refractivity contribution in [3.63, 3.8) is 0 Å². The smallest absolute Gasteiger partial charge is 0.315 e. The van der Waals surface area contributed by atoms with Crippen LogP contribution < -0.4 is 10.6 Å². The lowest BCUT2D eigenvalue weighted by atomic mass is 9.88. The van der Waals surface area contributed by atoms with Crippen LogP contribution >= 0.6 is 0 Å². The van der Waals surface area contributed by atoms with Crippen LogP contribution in [0.3, 0.4) is 0 Å². The molecule has 0 bridgehead atoms. The van der Waals surface area contributed by atoms with Gasteiger partial charge >= 0.3 is 12.0 Å². The van der Waals surface area contributed by atoms with Crippen molar-refractivity contribution in [3.8, 4) is 0 Å². The topological polar surface area (TPSA) is 87.7 Å². The van der Waals surface area contributed by atoms with Gasteiger partial charge in [-0.15, -0.1) is 0 Å². The van der Waals surface area contributed by atoms with E-state index < -0.39 is 5.97 Å². The maximum absolute atomic E-state index is 11.6. The number of rotatable bonds is 8. The number of aliphatic carboxylic acids is 1. The number of hydrogen-bond donors (Lipinski definition) is 3. The molecule has 1 rings (SSSR count). The van der Waals surface area contributed by atoms with Crippen LogP contribution in [0, 0.1) is 11.8 Å². The molecule has 1 fully saturated rings. The molecule has 0 aromatic heterocycles. The number of ether oxygens (including phenoxy) is 1. The maximum Gasteiger partial charge on any atom is 0.315 e. The quantitative estimate of drug-likeness (QED) is 0.632. The molecule has 1 saturated heterocycles. The van der Waals surface area contributed by atoms with Gasteiger partial charge in [0.25, 0.3) is 0 Å². The highest BCUT2D eigenvalue weighted by Gasteiger charge is 2.18. The fourth-order valence-corrected chi connectivity index (χ4v) is 2.38. The molecule has 1 aliphatic heterocycles. The molecule has 1 heterocycles. The van der Waals surface area contributed by atoms with Gasteiger partial charge in [0.15, 0.2) is 0 Å². The third kappa shape index (κ3) is 6.75. The van der Waals surface area contributed by atoms with Crippen molar-refractivity contribution >= 4 is 12.0 Å². The minimum absolute atomic E-state index is 0.114. The second-order valence-electron chi connectivity index (χ2n) is 5.69. The number of nitrogens with one attached hydrogen (secondary N) is 2. The van der Waals surface area contributed by atoms with E-state index in [0.29, 0.717) is 38.0 Å². The van der Waals surface area contributed by atoms with Crippen molar-refractivity contribution in [2.45, 2.75) is 45.6 Å². The summed E-state index contributed by atoms with van der Waals surface area (Å²) in [5, 5.41) is 14.4. The average Bonchev–Trinajstić information content (AvgIpc) is 2.85. The summed E-state index contributed by atoms with van der Waals surface area (Å²) < 4.78 is 5.19. The van der Waals surface area contributed by atoms with E-state index >= 15 is 0 Å². The van der Waals surface area contributed by atoms with Gasteiger partial charge in [0.05, 0.1) is 12.6 Å². The lowest BCUT2D eigenvalue weighted by molar-refractivity contribution is -0.137. The van der Waals surface area contributed by atoms with Crippen molar-refractivity contribution in [1.29, 1.82) is 0 Å². The van der Waals surface area contributed by atoms with Gasteiger partial charge in [0.2, 0.25) is 0 Å². The molecule has 0 aliphatic carbocycles. The zero-order valence-corrected chi connectivity index (χ0v) is 12.4. The SMILES string of the molecule is CC(C)C(CCNC(=O)NC1CCOC1)CCC(=O)O. The van der Waals surface area contributed by atoms with Gasteiger partial charge in [0.1, 0.15) is 0 Å². The fraction of sp³-hybridized carbons (Fsp3) is 0.857. The van der Waals surface area contributed by atoms with Crippen molar-refractivity contribution in [3.05, 3.63) is 0 Å². The standard InChI is InChI=1S/C14H26N2O4/c1-10(2)11(3-4-13(17)18)5-7-15-14(19)16-12-6-8-20-9-12/h10-12H,3-9H2,1-2H3,(H,17,18)(H2,15,16,19). The molecule has 116 valence electrons. The first kappa shape index (κ1) is 16.8. The molecule has 3 N–H and O–H groups in total. The predicted molar refractivity (Wildman–Crippen MR) is 75.6 cm³/mol. The molecule has 0 aromatic rings. The van der Waals surface area contributed by atoms with Gasteiger partial charge in [-0.2, -0.15) is 0 Å². The summed E-state index contributed by atoms with van der Waals surface area (Å²) in [6.45, 7) is 6.03. The van der Waals surface area contributed by atoms with Gasteiger partial charge in [0, 0.05) is 19.6 Å². The molecule has 2 atom stereocenters. The zero-order chi connectivity index (χ0) is 15.0. The number of amides is 2. The van der Waals surface area contributed by atoms with Gasteiger partial charge in [-0.3, -0.25) is 4.79 Å². The molecule has 1 aliphatic rings. The van der Waals surface area contributed by atoms with E-state index in [1.165, 1.54) is 0 Å². The number of carbonyl (C=O) groups is 2. The molecule has 0 radical (unpaired) electrons. The summed E-state index contributed by atoms with van der Waals surface area (Å²) in [5.41, 5.74) is 0. The highest BCUT2D eigenvalue weighted by atomic mass is 16.5. The van der Waals surface area contributed by atoms with E-state index in [-0.39, 0.29) is 18.5 Å². The molecular weight excluding hydrogens is 260 g/mol. The Kier molecular flexibility index (Phi) is 7.36. The maximum atomic E-state index is 11.6. The van der Waals surface area contributed by atoms with Crippen LogP contribution in [0.5, 0.6) is 0 Å². The molecular formula is C14H26N2O4. The van der Waals surface area contributed by atoms with Crippen molar-refractivity contribution in [1.82, 2.24) is 10.6 Å². The average molecular weight is 286 g/mol. The zero-order valence-electron chi connectivity index (χ0n) is 12.4. The van der Waals surface area contributed by atoms with Gasteiger partial charge in [-0.1, -0.05) is 13.8 Å². The van der Waals surface area contributed by atoms with E-state index in [4.69, 9.17) is 9.84 Å². The van der Waals surface area contributed by atoms with Crippen LogP contribution in [0.15, 0.2) is 0 Å². The Balaban J connectivity index is 2.18. The summed E-state index contributed by atoms with van der Waals surface area (Å²) in [7, 11) is 0. The largest absolute Gasteiger partial charge is 0.481 e.